The predicted molar refractivity (Wildman–Crippen MR) is 117 cm³/mol. The number of rotatable bonds is 3. The molecule has 0 spiro atoms. The van der Waals surface area contributed by atoms with Gasteiger partial charge in [-0.05, 0) is 19.1 Å². The summed E-state index contributed by atoms with van der Waals surface area (Å²) in [6.45, 7) is 3.08. The second-order valence-corrected chi connectivity index (χ2v) is 7.63. The smallest absolute Gasteiger partial charge is 0.356 e. The van der Waals surface area contributed by atoms with E-state index in [-0.39, 0.29) is 18.4 Å². The van der Waals surface area contributed by atoms with Gasteiger partial charge in [0.1, 0.15) is 5.69 Å². The molecule has 0 saturated carbocycles. The van der Waals surface area contributed by atoms with Crippen molar-refractivity contribution in [2.45, 2.75) is 18.4 Å². The number of fused-ring (bicyclic) bond motifs is 3. The molecule has 5 rings (SSSR count). The molecule has 0 radical (unpaired) electrons. The van der Waals surface area contributed by atoms with Crippen molar-refractivity contribution in [3.05, 3.63) is 60.3 Å². The molecule has 0 unspecified atom stereocenters. The highest BCUT2D eigenvalue weighted by molar-refractivity contribution is 7.99. The minimum absolute atomic E-state index is 0. The summed E-state index contributed by atoms with van der Waals surface area (Å²) in [5.74, 6) is 0.655. The average molecular weight is 411 g/mol. The molecule has 1 aliphatic rings. The van der Waals surface area contributed by atoms with E-state index in [9.17, 15) is 4.79 Å². The maximum atomic E-state index is 12.5. The number of para-hydroxylation sites is 1. The van der Waals surface area contributed by atoms with E-state index in [4.69, 9.17) is 9.72 Å². The van der Waals surface area contributed by atoms with Crippen LogP contribution in [0, 0.1) is 0 Å². The van der Waals surface area contributed by atoms with Crippen LogP contribution < -0.4 is 0 Å². The zero-order valence-electron chi connectivity index (χ0n) is 15.3. The highest BCUT2D eigenvalue weighted by atomic mass is 35.5. The van der Waals surface area contributed by atoms with Crippen LogP contribution in [-0.4, -0.2) is 27.9 Å². The van der Waals surface area contributed by atoms with Gasteiger partial charge in [-0.3, -0.25) is 0 Å². The van der Waals surface area contributed by atoms with Crippen LogP contribution in [0.4, 0.5) is 0 Å². The summed E-state index contributed by atoms with van der Waals surface area (Å²) >= 11 is 1.88. The van der Waals surface area contributed by atoms with Gasteiger partial charge in [-0.15, -0.1) is 24.2 Å². The fraction of sp³-hybridized carbons (Fsp3) is 0.182. The molecule has 4 nitrogen and oxygen atoms in total. The van der Waals surface area contributed by atoms with Crippen molar-refractivity contribution in [1.82, 2.24) is 9.55 Å². The quantitative estimate of drug-likeness (QED) is 0.415. The minimum Gasteiger partial charge on any atom is -0.461 e. The Kier molecular flexibility index (Phi) is 5.04. The summed E-state index contributed by atoms with van der Waals surface area (Å²) < 4.78 is 7.60. The van der Waals surface area contributed by atoms with Crippen molar-refractivity contribution < 1.29 is 9.53 Å². The number of benzene rings is 2. The lowest BCUT2D eigenvalue weighted by Crippen LogP contribution is -2.10. The lowest BCUT2D eigenvalue weighted by molar-refractivity contribution is 0.0520. The van der Waals surface area contributed by atoms with Crippen LogP contribution in [0.3, 0.4) is 0 Å². The van der Waals surface area contributed by atoms with E-state index in [1.165, 1.54) is 15.8 Å². The molecular weight excluding hydrogens is 392 g/mol. The van der Waals surface area contributed by atoms with Crippen molar-refractivity contribution in [2.24, 2.45) is 0 Å². The van der Waals surface area contributed by atoms with Gasteiger partial charge in [-0.1, -0.05) is 42.5 Å². The summed E-state index contributed by atoms with van der Waals surface area (Å²) in [6.07, 6.45) is 0. The number of halogens is 1. The van der Waals surface area contributed by atoms with Crippen LogP contribution in [0.1, 0.15) is 17.4 Å². The molecule has 0 fully saturated rings. The van der Waals surface area contributed by atoms with Crippen molar-refractivity contribution in [2.75, 3.05) is 12.4 Å². The van der Waals surface area contributed by atoms with E-state index < -0.39 is 0 Å². The van der Waals surface area contributed by atoms with Gasteiger partial charge < -0.3 is 9.30 Å². The Hall–Kier alpha value is -2.50. The Balaban J connectivity index is 0.00000192. The molecule has 0 saturated heterocycles. The molecule has 2 aromatic carbocycles. The van der Waals surface area contributed by atoms with Crippen LogP contribution in [0.2, 0.25) is 0 Å². The standard InChI is InChI=1S/C22H18N2O2S.ClH/c1-2-26-22(25)17-13-16-15-9-6-10-18-20(15)24(11-12-27-18)21(16)19(23-17)14-7-4-3-5-8-14;/h3-10,13H,2,11-12H2,1H3;1H. The van der Waals surface area contributed by atoms with Gasteiger partial charge >= 0.3 is 5.97 Å². The molecule has 142 valence electrons. The van der Waals surface area contributed by atoms with Crippen molar-refractivity contribution in [3.63, 3.8) is 0 Å². The van der Waals surface area contributed by atoms with E-state index in [0.717, 1.165) is 34.5 Å². The highest BCUT2D eigenvalue weighted by Crippen LogP contribution is 2.41. The molecular formula is C22H19ClN2O2S. The number of aromatic nitrogens is 2. The monoisotopic (exact) mass is 410 g/mol. The van der Waals surface area contributed by atoms with Gasteiger partial charge in [0.2, 0.25) is 0 Å². The van der Waals surface area contributed by atoms with Crippen molar-refractivity contribution in [1.29, 1.82) is 0 Å². The number of nitrogens with zero attached hydrogens (tertiary/aromatic N) is 2. The first-order chi connectivity index (χ1) is 13.3. The van der Waals surface area contributed by atoms with Crippen LogP contribution in [-0.2, 0) is 11.3 Å². The maximum Gasteiger partial charge on any atom is 0.356 e. The molecule has 4 aromatic rings. The molecule has 0 aliphatic carbocycles. The Morgan fingerprint density at radius 3 is 2.71 bits per heavy atom. The fourth-order valence-electron chi connectivity index (χ4n) is 3.84. The SMILES string of the molecule is CCOC(=O)c1cc2c3cccc4c3n(c2c(-c2ccccc2)n1)CCS4.Cl. The zero-order valence-corrected chi connectivity index (χ0v) is 17.0. The number of pyridine rings is 1. The first kappa shape index (κ1) is 18.8. The number of thioether (sulfide) groups is 1. The summed E-state index contributed by atoms with van der Waals surface area (Å²) in [5, 5.41) is 2.23. The van der Waals surface area contributed by atoms with Gasteiger partial charge in [0.25, 0.3) is 0 Å². The Morgan fingerprint density at radius 2 is 1.93 bits per heavy atom. The van der Waals surface area contributed by atoms with E-state index in [0.29, 0.717) is 12.3 Å². The number of carbonyl (C=O) groups is 1. The molecule has 0 atom stereocenters. The second kappa shape index (κ2) is 7.49. The Morgan fingerprint density at radius 1 is 1.11 bits per heavy atom. The number of esters is 1. The summed E-state index contributed by atoms with van der Waals surface area (Å²) in [5.41, 5.74) is 4.54. The molecule has 6 heteroatoms. The van der Waals surface area contributed by atoms with Gasteiger partial charge in [0.15, 0.2) is 0 Å². The lowest BCUT2D eigenvalue weighted by Gasteiger charge is -2.17. The lowest BCUT2D eigenvalue weighted by atomic mass is 10.1. The third-order valence-electron chi connectivity index (χ3n) is 4.93. The molecule has 3 heterocycles. The third kappa shape index (κ3) is 2.86. The molecule has 2 aromatic heterocycles. The minimum atomic E-state index is -0.377. The number of carbonyl (C=O) groups excluding carboxylic acids is 1. The van der Waals surface area contributed by atoms with E-state index >= 15 is 0 Å². The molecule has 0 bridgehead atoms. The average Bonchev–Trinajstić information content (AvgIpc) is 3.04. The van der Waals surface area contributed by atoms with Crippen LogP contribution in [0.5, 0.6) is 0 Å². The molecule has 1 aliphatic heterocycles. The highest BCUT2D eigenvalue weighted by Gasteiger charge is 2.23. The van der Waals surface area contributed by atoms with E-state index in [2.05, 4.69) is 22.8 Å². The van der Waals surface area contributed by atoms with Crippen LogP contribution >= 0.6 is 24.2 Å². The second-order valence-electron chi connectivity index (χ2n) is 6.49. The predicted octanol–water partition coefficient (Wildman–Crippen LogP) is 5.56. The largest absolute Gasteiger partial charge is 0.461 e. The van der Waals surface area contributed by atoms with Gasteiger partial charge in [-0.2, -0.15) is 0 Å². The molecule has 0 amide bonds. The molecule has 0 N–H and O–H groups in total. The normalized spacial score (nSPS) is 12.8. The maximum absolute atomic E-state index is 12.5. The summed E-state index contributed by atoms with van der Waals surface area (Å²) in [7, 11) is 0. The van der Waals surface area contributed by atoms with Crippen molar-refractivity contribution in [3.8, 4) is 11.3 Å². The number of hydrogen-bond donors (Lipinski definition) is 0. The summed E-state index contributed by atoms with van der Waals surface area (Å²) in [6, 6.07) is 18.4. The van der Waals surface area contributed by atoms with Gasteiger partial charge in [-0.25, -0.2) is 9.78 Å². The topological polar surface area (TPSA) is 44.1 Å². The first-order valence-corrected chi connectivity index (χ1v) is 10.1. The Labute approximate surface area is 173 Å². The van der Waals surface area contributed by atoms with Crippen LogP contribution in [0.15, 0.2) is 59.5 Å². The number of aryl methyl sites for hydroxylation is 1. The fourth-order valence-corrected chi connectivity index (χ4v) is 4.87. The Bertz CT molecular complexity index is 1190. The van der Waals surface area contributed by atoms with Crippen LogP contribution in [0.25, 0.3) is 33.1 Å². The number of hydrogen-bond acceptors (Lipinski definition) is 4. The van der Waals surface area contributed by atoms with Gasteiger partial charge in [0, 0.05) is 33.5 Å². The van der Waals surface area contributed by atoms with Gasteiger partial charge in [0.05, 0.1) is 23.3 Å². The van der Waals surface area contributed by atoms with E-state index in [1.807, 2.05) is 55.1 Å². The number of ether oxygens (including phenoxy) is 1. The van der Waals surface area contributed by atoms with E-state index in [1.54, 1.807) is 0 Å². The molecule has 28 heavy (non-hydrogen) atoms. The van der Waals surface area contributed by atoms with Crippen molar-refractivity contribution >= 4 is 51.9 Å². The summed E-state index contributed by atoms with van der Waals surface area (Å²) in [4.78, 5) is 18.5. The zero-order chi connectivity index (χ0) is 18.4. The third-order valence-corrected chi connectivity index (χ3v) is 5.95. The first-order valence-electron chi connectivity index (χ1n) is 9.09.